The number of nitrogens with zero attached hydrogens (tertiary/aromatic N) is 2. The summed E-state index contributed by atoms with van der Waals surface area (Å²) in [5, 5.41) is 8.71. The zero-order chi connectivity index (χ0) is 11.4. The van der Waals surface area contributed by atoms with Crippen molar-refractivity contribution in [3.8, 4) is 0 Å². The Balaban J connectivity index is 2.21. The fourth-order valence-corrected chi connectivity index (χ4v) is 1.36. The van der Waals surface area contributed by atoms with Gasteiger partial charge in [0.1, 0.15) is 5.69 Å². The largest absolute Gasteiger partial charge is 0.399 e. The second-order valence-corrected chi connectivity index (χ2v) is 3.65. The first-order chi connectivity index (χ1) is 7.75. The van der Waals surface area contributed by atoms with Crippen LogP contribution in [0.1, 0.15) is 0 Å². The van der Waals surface area contributed by atoms with Gasteiger partial charge in [-0.05, 0) is 36.4 Å². The summed E-state index contributed by atoms with van der Waals surface area (Å²) in [6, 6.07) is 14.5. The third kappa shape index (κ3) is 2.58. The van der Waals surface area contributed by atoms with Gasteiger partial charge >= 0.3 is 0 Å². The number of benzene rings is 2. The van der Waals surface area contributed by atoms with Crippen molar-refractivity contribution in [2.45, 2.75) is 0 Å². The van der Waals surface area contributed by atoms with Gasteiger partial charge in [0.15, 0.2) is 0 Å². The minimum Gasteiger partial charge on any atom is -0.399 e. The predicted octanol–water partition coefficient (Wildman–Crippen LogP) is 4.34. The van der Waals surface area contributed by atoms with E-state index in [4.69, 9.17) is 17.3 Å². The van der Waals surface area contributed by atoms with E-state index in [1.54, 1.807) is 30.3 Å². The molecular formula is C12H10ClN3. The van der Waals surface area contributed by atoms with E-state index in [-0.39, 0.29) is 0 Å². The molecule has 0 aliphatic rings. The summed E-state index contributed by atoms with van der Waals surface area (Å²) in [6.45, 7) is 0. The second kappa shape index (κ2) is 4.77. The maximum atomic E-state index is 5.94. The van der Waals surface area contributed by atoms with Gasteiger partial charge in [0.05, 0.1) is 10.7 Å². The standard InChI is InChI=1S/C12H10ClN3/c13-11-3-1-2-4-12(11)16-15-10-7-5-9(14)6-8-10/h1-8H,14H2. The first kappa shape index (κ1) is 10.6. The number of nitrogens with two attached hydrogens (primary N) is 1. The van der Waals surface area contributed by atoms with Crippen LogP contribution >= 0.6 is 11.6 Å². The molecule has 0 unspecified atom stereocenters. The summed E-state index contributed by atoms with van der Waals surface area (Å²) in [4.78, 5) is 0. The summed E-state index contributed by atoms with van der Waals surface area (Å²) in [7, 11) is 0. The molecule has 0 fully saturated rings. The van der Waals surface area contributed by atoms with Crippen LogP contribution < -0.4 is 5.73 Å². The van der Waals surface area contributed by atoms with E-state index in [2.05, 4.69) is 10.2 Å². The van der Waals surface area contributed by atoms with E-state index in [1.165, 1.54) is 0 Å². The average Bonchev–Trinajstić information content (AvgIpc) is 2.30. The Morgan fingerprint density at radius 1 is 0.875 bits per heavy atom. The van der Waals surface area contributed by atoms with Crippen LogP contribution in [0.3, 0.4) is 0 Å². The van der Waals surface area contributed by atoms with Crippen LogP contribution in [0.5, 0.6) is 0 Å². The van der Waals surface area contributed by atoms with Crippen LogP contribution in [0.4, 0.5) is 17.1 Å². The second-order valence-electron chi connectivity index (χ2n) is 3.24. The lowest BCUT2D eigenvalue weighted by Gasteiger charge is -1.96. The number of hydrogen-bond donors (Lipinski definition) is 1. The molecule has 0 amide bonds. The van der Waals surface area contributed by atoms with Crippen LogP contribution in [-0.4, -0.2) is 0 Å². The smallest absolute Gasteiger partial charge is 0.104 e. The molecule has 2 aromatic rings. The molecule has 80 valence electrons. The highest BCUT2D eigenvalue weighted by atomic mass is 35.5. The number of anilines is 1. The fraction of sp³-hybridized carbons (Fsp3) is 0. The lowest BCUT2D eigenvalue weighted by atomic mass is 10.3. The molecule has 4 heteroatoms. The molecule has 16 heavy (non-hydrogen) atoms. The van der Waals surface area contributed by atoms with E-state index in [9.17, 15) is 0 Å². The molecule has 3 nitrogen and oxygen atoms in total. The highest BCUT2D eigenvalue weighted by Gasteiger charge is 1.95. The first-order valence-corrected chi connectivity index (χ1v) is 5.15. The molecule has 0 atom stereocenters. The van der Waals surface area contributed by atoms with Crippen molar-refractivity contribution in [1.82, 2.24) is 0 Å². The van der Waals surface area contributed by atoms with E-state index in [0.29, 0.717) is 16.4 Å². The molecular weight excluding hydrogens is 222 g/mol. The molecule has 0 spiro atoms. The number of nitrogen functional groups attached to an aromatic ring is 1. The van der Waals surface area contributed by atoms with E-state index >= 15 is 0 Å². The molecule has 0 saturated heterocycles. The van der Waals surface area contributed by atoms with Gasteiger partial charge in [-0.2, -0.15) is 5.11 Å². The molecule has 0 radical (unpaired) electrons. The van der Waals surface area contributed by atoms with E-state index in [0.717, 1.165) is 5.69 Å². The Morgan fingerprint density at radius 2 is 1.56 bits per heavy atom. The molecule has 0 saturated carbocycles. The van der Waals surface area contributed by atoms with Crippen LogP contribution in [0.25, 0.3) is 0 Å². The van der Waals surface area contributed by atoms with Gasteiger partial charge in [0.25, 0.3) is 0 Å². The topological polar surface area (TPSA) is 50.7 Å². The predicted molar refractivity (Wildman–Crippen MR) is 66.5 cm³/mol. The van der Waals surface area contributed by atoms with Crippen molar-refractivity contribution in [2.75, 3.05) is 5.73 Å². The lowest BCUT2D eigenvalue weighted by molar-refractivity contribution is 1.23. The van der Waals surface area contributed by atoms with Crippen LogP contribution in [0.15, 0.2) is 58.8 Å². The molecule has 2 aromatic carbocycles. The SMILES string of the molecule is Nc1ccc(N=Nc2ccccc2Cl)cc1. The van der Waals surface area contributed by atoms with Crippen molar-refractivity contribution >= 4 is 28.7 Å². The van der Waals surface area contributed by atoms with Gasteiger partial charge in [-0.1, -0.05) is 23.7 Å². The molecule has 0 heterocycles. The van der Waals surface area contributed by atoms with Crippen molar-refractivity contribution in [2.24, 2.45) is 10.2 Å². The van der Waals surface area contributed by atoms with Gasteiger partial charge in [0.2, 0.25) is 0 Å². The van der Waals surface area contributed by atoms with Gasteiger partial charge in [-0.25, -0.2) is 0 Å². The number of halogens is 1. The molecule has 0 bridgehead atoms. The van der Waals surface area contributed by atoms with Gasteiger partial charge < -0.3 is 5.73 Å². The maximum absolute atomic E-state index is 5.94. The summed E-state index contributed by atoms with van der Waals surface area (Å²) in [6.07, 6.45) is 0. The number of hydrogen-bond acceptors (Lipinski definition) is 3. The van der Waals surface area contributed by atoms with Crippen molar-refractivity contribution in [1.29, 1.82) is 0 Å². The molecule has 0 aliphatic carbocycles. The number of rotatable bonds is 2. The summed E-state index contributed by atoms with van der Waals surface area (Å²) >= 11 is 5.94. The highest BCUT2D eigenvalue weighted by molar-refractivity contribution is 6.32. The van der Waals surface area contributed by atoms with E-state index in [1.807, 2.05) is 18.2 Å². The summed E-state index contributed by atoms with van der Waals surface area (Å²) < 4.78 is 0. The van der Waals surface area contributed by atoms with Crippen molar-refractivity contribution < 1.29 is 0 Å². The van der Waals surface area contributed by atoms with Gasteiger partial charge in [0, 0.05) is 5.69 Å². The minimum absolute atomic E-state index is 0.585. The molecule has 0 aromatic heterocycles. The van der Waals surface area contributed by atoms with Crippen molar-refractivity contribution in [3.05, 3.63) is 53.6 Å². The van der Waals surface area contributed by atoms with E-state index < -0.39 is 0 Å². The Labute approximate surface area is 98.6 Å². The van der Waals surface area contributed by atoms with Gasteiger partial charge in [-0.3, -0.25) is 0 Å². The monoisotopic (exact) mass is 231 g/mol. The Morgan fingerprint density at radius 3 is 2.25 bits per heavy atom. The van der Waals surface area contributed by atoms with Crippen molar-refractivity contribution in [3.63, 3.8) is 0 Å². The average molecular weight is 232 g/mol. The lowest BCUT2D eigenvalue weighted by Crippen LogP contribution is -1.80. The quantitative estimate of drug-likeness (QED) is 0.607. The van der Waals surface area contributed by atoms with Crippen LogP contribution in [0, 0.1) is 0 Å². The highest BCUT2D eigenvalue weighted by Crippen LogP contribution is 2.26. The Bertz CT molecular complexity index is 506. The molecule has 0 aliphatic heterocycles. The maximum Gasteiger partial charge on any atom is 0.104 e. The molecule has 2 rings (SSSR count). The Kier molecular flexibility index (Phi) is 3.17. The minimum atomic E-state index is 0.585. The third-order valence-corrected chi connectivity index (χ3v) is 2.34. The zero-order valence-corrected chi connectivity index (χ0v) is 9.22. The summed E-state index contributed by atoms with van der Waals surface area (Å²) in [5.41, 5.74) is 7.67. The Hall–Kier alpha value is -1.87. The normalized spacial score (nSPS) is 10.8. The summed E-state index contributed by atoms with van der Waals surface area (Å²) in [5.74, 6) is 0. The fourth-order valence-electron chi connectivity index (χ4n) is 1.19. The zero-order valence-electron chi connectivity index (χ0n) is 8.47. The van der Waals surface area contributed by atoms with Crippen LogP contribution in [-0.2, 0) is 0 Å². The number of azo groups is 1. The molecule has 2 N–H and O–H groups in total. The van der Waals surface area contributed by atoms with Gasteiger partial charge in [-0.15, -0.1) is 5.11 Å². The van der Waals surface area contributed by atoms with Crippen LogP contribution in [0.2, 0.25) is 5.02 Å². The first-order valence-electron chi connectivity index (χ1n) is 4.77. The third-order valence-electron chi connectivity index (χ3n) is 2.02.